The van der Waals surface area contributed by atoms with Crippen molar-refractivity contribution in [2.24, 2.45) is 11.1 Å². The number of hydrogen-bond acceptors (Lipinski definition) is 9. The molecule has 288 valence electrons. The molecule has 3 atom stereocenters. The van der Waals surface area contributed by atoms with Gasteiger partial charge in [-0.3, -0.25) is 19.2 Å². The number of carbonyl (C=O) groups excluding carboxylic acids is 5. The summed E-state index contributed by atoms with van der Waals surface area (Å²) >= 11 is 12.3. The molecule has 55 heavy (non-hydrogen) atoms. The molecule has 0 aromatic heterocycles. The van der Waals surface area contributed by atoms with Crippen LogP contribution >= 0.6 is 23.2 Å². The fourth-order valence-electron chi connectivity index (χ4n) is 6.26. The minimum Gasteiger partial charge on any atom is -0.460 e. The molecule has 13 heteroatoms. The molecule has 0 aliphatic carbocycles. The molecule has 4 aromatic rings. The summed E-state index contributed by atoms with van der Waals surface area (Å²) in [6, 6.07) is 24.5. The van der Waals surface area contributed by atoms with Crippen LogP contribution in [-0.2, 0) is 35.1 Å². The number of halogens is 2. The van der Waals surface area contributed by atoms with Crippen molar-refractivity contribution in [1.82, 2.24) is 10.6 Å². The minimum atomic E-state index is -1.69. The predicted octanol–water partition coefficient (Wildman–Crippen LogP) is 7.30. The molecule has 0 bridgehead atoms. The second kappa shape index (κ2) is 17.5. The smallest absolute Gasteiger partial charge is 0.341 e. The molecule has 1 unspecified atom stereocenters. The minimum absolute atomic E-state index is 0.0219. The first kappa shape index (κ1) is 40.9. The van der Waals surface area contributed by atoms with E-state index < -0.39 is 59.9 Å². The lowest BCUT2D eigenvalue weighted by Gasteiger charge is -2.29. The molecule has 0 fully saturated rings. The number of benzene rings is 4. The van der Waals surface area contributed by atoms with Crippen molar-refractivity contribution >= 4 is 69.2 Å². The lowest BCUT2D eigenvalue weighted by atomic mass is 9.84. The number of fused-ring (bicyclic) bond motifs is 1. The van der Waals surface area contributed by atoms with Gasteiger partial charge in [0.1, 0.15) is 11.6 Å². The zero-order valence-corrected chi connectivity index (χ0v) is 32.7. The number of hydrogen-bond donors (Lipinski definition) is 2. The molecule has 1 aliphatic rings. The van der Waals surface area contributed by atoms with Crippen molar-refractivity contribution in [3.8, 4) is 0 Å². The first-order valence-electron chi connectivity index (χ1n) is 17.8. The fourth-order valence-corrected chi connectivity index (χ4v) is 6.81. The number of ketones is 1. The molecular formula is C42H43Cl2N3O8. The molecule has 4 aromatic carbocycles. The number of oxime groups is 1. The first-order chi connectivity index (χ1) is 26.1. The standard InChI is InChI=1S/C42H43Cl2N3O8/c1-25(2)37(46-38(50)29-18-11-16-27-15-9-10-17-28(27)29)33-23-42(55-47-33,22-26-13-7-6-8-14-26)40(52)45-32(21-35(49)54-41(3,4)5)34(48)24-53-39(51)36-30(43)19-12-20-31(36)44/h6-20,25,32,37H,21-24H2,1-5H3,(H,45,52)(H,46,50)/t32-,37-,42?/m0/s1. The van der Waals surface area contributed by atoms with E-state index in [0.717, 1.165) is 16.3 Å². The average Bonchev–Trinajstić information content (AvgIpc) is 3.56. The lowest BCUT2D eigenvalue weighted by Crippen LogP contribution is -2.55. The van der Waals surface area contributed by atoms with Gasteiger partial charge in [-0.15, -0.1) is 0 Å². The van der Waals surface area contributed by atoms with Gasteiger partial charge in [-0.2, -0.15) is 0 Å². The number of ether oxygens (including phenoxy) is 2. The SMILES string of the molecule is CC(C)[C@H](NC(=O)c1cccc2ccccc12)C1=NOC(Cc2ccccc2)(C(=O)N[C@@H](CC(=O)OC(C)(C)C)C(=O)COC(=O)c2c(Cl)cccc2Cl)C1. The molecule has 5 rings (SSSR count). The van der Waals surface area contributed by atoms with E-state index in [4.69, 9.17) is 37.5 Å². The van der Waals surface area contributed by atoms with E-state index >= 15 is 0 Å². The van der Waals surface area contributed by atoms with Gasteiger partial charge in [0.2, 0.25) is 5.60 Å². The monoisotopic (exact) mass is 787 g/mol. The Balaban J connectivity index is 1.40. The van der Waals surface area contributed by atoms with Crippen LogP contribution in [0, 0.1) is 5.92 Å². The van der Waals surface area contributed by atoms with Gasteiger partial charge < -0.3 is 24.9 Å². The van der Waals surface area contributed by atoms with Gasteiger partial charge >= 0.3 is 11.9 Å². The van der Waals surface area contributed by atoms with Gasteiger partial charge in [0, 0.05) is 18.4 Å². The molecule has 2 amide bonds. The van der Waals surface area contributed by atoms with Crippen LogP contribution in [0.15, 0.2) is 96.2 Å². The summed E-state index contributed by atoms with van der Waals surface area (Å²) in [5.41, 5.74) is -1.09. The number of nitrogens with zero attached hydrogens (tertiary/aromatic N) is 1. The zero-order chi connectivity index (χ0) is 39.9. The first-order valence-corrected chi connectivity index (χ1v) is 18.6. The fraction of sp³-hybridized carbons (Fsp3) is 0.333. The third-order valence-corrected chi connectivity index (χ3v) is 9.52. The number of amides is 2. The Kier molecular flexibility index (Phi) is 13.0. The summed E-state index contributed by atoms with van der Waals surface area (Å²) in [4.78, 5) is 73.9. The summed E-state index contributed by atoms with van der Waals surface area (Å²) in [6.45, 7) is 8.01. The number of nitrogens with one attached hydrogen (secondary N) is 2. The Morgan fingerprint density at radius 3 is 2.16 bits per heavy atom. The molecule has 11 nitrogen and oxygen atoms in total. The summed E-state index contributed by atoms with van der Waals surface area (Å²) in [6.07, 6.45) is -0.598. The quantitative estimate of drug-likeness (QED) is 0.127. The van der Waals surface area contributed by atoms with Gasteiger partial charge in [0.15, 0.2) is 12.4 Å². The van der Waals surface area contributed by atoms with E-state index in [1.807, 2.05) is 80.6 Å². The van der Waals surface area contributed by atoms with Crippen LogP contribution in [0.4, 0.5) is 0 Å². The second-order valence-corrected chi connectivity index (χ2v) is 15.5. The van der Waals surface area contributed by atoms with Crippen molar-refractivity contribution in [1.29, 1.82) is 0 Å². The number of Topliss-reactive ketones (excluding diaryl/α,β-unsaturated/α-hetero) is 1. The third kappa shape index (κ3) is 10.3. The van der Waals surface area contributed by atoms with Crippen molar-refractivity contribution in [2.45, 2.75) is 77.2 Å². The number of rotatable bonds is 14. The van der Waals surface area contributed by atoms with Gasteiger partial charge in [-0.05, 0) is 61.2 Å². The highest BCUT2D eigenvalue weighted by Gasteiger charge is 2.50. The van der Waals surface area contributed by atoms with Crippen molar-refractivity contribution in [2.75, 3.05) is 6.61 Å². The molecule has 0 saturated heterocycles. The van der Waals surface area contributed by atoms with E-state index in [2.05, 4.69) is 15.8 Å². The van der Waals surface area contributed by atoms with Crippen LogP contribution in [0.3, 0.4) is 0 Å². The Morgan fingerprint density at radius 2 is 1.49 bits per heavy atom. The van der Waals surface area contributed by atoms with E-state index in [1.165, 1.54) is 12.1 Å². The van der Waals surface area contributed by atoms with E-state index in [0.29, 0.717) is 11.3 Å². The van der Waals surface area contributed by atoms with Crippen LogP contribution in [0.5, 0.6) is 0 Å². The predicted molar refractivity (Wildman–Crippen MR) is 210 cm³/mol. The van der Waals surface area contributed by atoms with E-state index in [-0.39, 0.29) is 40.3 Å². The number of carbonyl (C=O) groups is 5. The van der Waals surface area contributed by atoms with Crippen LogP contribution < -0.4 is 10.6 Å². The molecular weight excluding hydrogens is 745 g/mol. The summed E-state index contributed by atoms with van der Waals surface area (Å²) in [7, 11) is 0. The maximum absolute atomic E-state index is 14.5. The Morgan fingerprint density at radius 1 is 0.855 bits per heavy atom. The second-order valence-electron chi connectivity index (χ2n) is 14.7. The topological polar surface area (TPSA) is 149 Å². The molecule has 0 radical (unpaired) electrons. The highest BCUT2D eigenvalue weighted by molar-refractivity contribution is 6.39. The van der Waals surface area contributed by atoms with Gasteiger partial charge in [0.05, 0.1) is 33.8 Å². The molecule has 1 heterocycles. The van der Waals surface area contributed by atoms with Crippen LogP contribution in [0.25, 0.3) is 10.8 Å². The van der Waals surface area contributed by atoms with Crippen LogP contribution in [-0.4, -0.2) is 65.1 Å². The van der Waals surface area contributed by atoms with Crippen LogP contribution in [0.2, 0.25) is 10.0 Å². The largest absolute Gasteiger partial charge is 0.460 e. The Labute approximate surface area is 329 Å². The molecule has 0 spiro atoms. The van der Waals surface area contributed by atoms with E-state index in [9.17, 15) is 24.0 Å². The van der Waals surface area contributed by atoms with Crippen molar-refractivity contribution in [3.63, 3.8) is 0 Å². The molecule has 2 N–H and O–H groups in total. The maximum Gasteiger partial charge on any atom is 0.341 e. The third-order valence-electron chi connectivity index (χ3n) is 8.89. The van der Waals surface area contributed by atoms with Gasteiger partial charge in [-0.25, -0.2) is 4.79 Å². The highest BCUT2D eigenvalue weighted by Crippen LogP contribution is 2.32. The Hall–Kier alpha value is -5.26. The average molecular weight is 789 g/mol. The lowest BCUT2D eigenvalue weighted by molar-refractivity contribution is -0.157. The molecule has 1 aliphatic heterocycles. The van der Waals surface area contributed by atoms with Gasteiger partial charge in [0.25, 0.3) is 11.8 Å². The summed E-state index contributed by atoms with van der Waals surface area (Å²) in [5.74, 6) is -3.77. The highest BCUT2D eigenvalue weighted by atomic mass is 35.5. The van der Waals surface area contributed by atoms with Crippen LogP contribution in [0.1, 0.15) is 73.7 Å². The number of esters is 2. The normalized spacial score (nSPS) is 16.4. The Bertz CT molecular complexity index is 2090. The summed E-state index contributed by atoms with van der Waals surface area (Å²) in [5, 5.41) is 11.9. The summed E-state index contributed by atoms with van der Waals surface area (Å²) < 4.78 is 10.7. The van der Waals surface area contributed by atoms with Gasteiger partial charge in [-0.1, -0.05) is 115 Å². The van der Waals surface area contributed by atoms with Crippen molar-refractivity contribution < 1.29 is 38.3 Å². The van der Waals surface area contributed by atoms with Crippen molar-refractivity contribution in [3.05, 3.63) is 118 Å². The maximum atomic E-state index is 14.5. The molecule has 0 saturated carbocycles. The zero-order valence-electron chi connectivity index (χ0n) is 31.2. The van der Waals surface area contributed by atoms with E-state index in [1.54, 1.807) is 32.9 Å².